The lowest BCUT2D eigenvalue weighted by atomic mass is 10.2. The summed E-state index contributed by atoms with van der Waals surface area (Å²) in [7, 11) is 2.05. The summed E-state index contributed by atoms with van der Waals surface area (Å²) in [4.78, 5) is 9.35. The predicted octanol–water partition coefficient (Wildman–Crippen LogP) is 1.42. The Kier molecular flexibility index (Phi) is 4.07. The molecule has 1 fully saturated rings. The van der Waals surface area contributed by atoms with Crippen LogP contribution in [0.5, 0.6) is 0 Å². The Hall–Kier alpha value is -1.66. The highest BCUT2D eigenvalue weighted by atomic mass is 16.5. The molecule has 2 aromatic rings. The van der Waals surface area contributed by atoms with Crippen LogP contribution in [0.3, 0.4) is 0 Å². The lowest BCUT2D eigenvalue weighted by molar-refractivity contribution is 0.0694. The van der Waals surface area contributed by atoms with Gasteiger partial charge in [0.2, 0.25) is 0 Å². The van der Waals surface area contributed by atoms with Crippen LogP contribution in [-0.2, 0) is 20.1 Å². The molecule has 1 atom stereocenters. The van der Waals surface area contributed by atoms with Crippen LogP contribution < -0.4 is 0 Å². The number of hydrogen-bond donors (Lipinski definition) is 0. The Balaban J connectivity index is 1.55. The molecule has 6 nitrogen and oxygen atoms in total. The van der Waals surface area contributed by atoms with Gasteiger partial charge in [0.05, 0.1) is 12.2 Å². The van der Waals surface area contributed by atoms with Gasteiger partial charge in [-0.25, -0.2) is 4.98 Å². The first-order chi connectivity index (χ1) is 10.1. The van der Waals surface area contributed by atoms with Crippen LogP contribution in [-0.4, -0.2) is 50.2 Å². The second-order valence-corrected chi connectivity index (χ2v) is 5.94. The molecule has 0 unspecified atom stereocenters. The Morgan fingerprint density at radius 2 is 2.19 bits per heavy atom. The largest absolute Gasteiger partial charge is 0.361 e. The van der Waals surface area contributed by atoms with Gasteiger partial charge < -0.3 is 9.09 Å². The van der Waals surface area contributed by atoms with Gasteiger partial charge in [-0.15, -0.1) is 0 Å². The number of imidazole rings is 1. The monoisotopic (exact) mass is 289 g/mol. The van der Waals surface area contributed by atoms with E-state index in [0.717, 1.165) is 50.0 Å². The maximum atomic E-state index is 5.14. The van der Waals surface area contributed by atoms with Gasteiger partial charge >= 0.3 is 0 Å². The van der Waals surface area contributed by atoms with Crippen LogP contribution in [0, 0.1) is 6.92 Å². The molecule has 0 aliphatic carbocycles. The first-order valence-electron chi connectivity index (χ1n) is 7.46. The van der Waals surface area contributed by atoms with E-state index < -0.39 is 0 Å². The third-order valence-corrected chi connectivity index (χ3v) is 4.18. The fourth-order valence-electron chi connectivity index (χ4n) is 2.90. The van der Waals surface area contributed by atoms with E-state index in [1.54, 1.807) is 0 Å². The summed E-state index contributed by atoms with van der Waals surface area (Å²) in [5, 5.41) is 4.08. The summed E-state index contributed by atoms with van der Waals surface area (Å²) in [6.07, 6.45) is 3.87. The predicted molar refractivity (Wildman–Crippen MR) is 79.6 cm³/mol. The summed E-state index contributed by atoms with van der Waals surface area (Å²) < 4.78 is 7.23. The van der Waals surface area contributed by atoms with Crippen LogP contribution in [0.1, 0.15) is 24.2 Å². The molecule has 0 N–H and O–H groups in total. The van der Waals surface area contributed by atoms with Crippen LogP contribution >= 0.6 is 0 Å². The second-order valence-electron chi connectivity index (χ2n) is 5.94. The first kappa shape index (κ1) is 14.3. The van der Waals surface area contributed by atoms with Gasteiger partial charge in [-0.2, -0.15) is 0 Å². The zero-order chi connectivity index (χ0) is 14.8. The molecule has 3 heterocycles. The van der Waals surface area contributed by atoms with Crippen LogP contribution in [0.25, 0.3) is 0 Å². The average Bonchev–Trinajstić information content (AvgIpc) is 3.02. The molecule has 0 amide bonds. The number of rotatable bonds is 4. The molecule has 114 valence electrons. The molecule has 0 bridgehead atoms. The Morgan fingerprint density at radius 1 is 1.33 bits per heavy atom. The molecule has 6 heteroatoms. The number of aryl methyl sites for hydroxylation is 2. The van der Waals surface area contributed by atoms with E-state index >= 15 is 0 Å². The van der Waals surface area contributed by atoms with Crippen molar-refractivity contribution in [3.05, 3.63) is 35.7 Å². The fraction of sp³-hybridized carbons (Fsp3) is 0.600. The van der Waals surface area contributed by atoms with Crippen LogP contribution in [0.15, 0.2) is 23.0 Å². The molecule has 21 heavy (non-hydrogen) atoms. The van der Waals surface area contributed by atoms with E-state index in [1.165, 1.54) is 0 Å². The maximum absolute atomic E-state index is 5.14. The van der Waals surface area contributed by atoms with E-state index in [4.69, 9.17) is 4.52 Å². The molecular weight excluding hydrogens is 266 g/mol. The SMILES string of the molecule is Cc1cc(CN2CCN(Cc3nccn3C)[C@H](C)C2)no1. The number of piperazine rings is 1. The lowest BCUT2D eigenvalue weighted by Crippen LogP contribution is -2.51. The second kappa shape index (κ2) is 5.99. The van der Waals surface area contributed by atoms with Crippen molar-refractivity contribution in [1.29, 1.82) is 0 Å². The number of hydrogen-bond acceptors (Lipinski definition) is 5. The summed E-state index contributed by atoms with van der Waals surface area (Å²) in [6.45, 7) is 9.18. The molecule has 1 aliphatic rings. The highest BCUT2D eigenvalue weighted by Gasteiger charge is 2.25. The summed E-state index contributed by atoms with van der Waals surface area (Å²) in [6, 6.07) is 2.54. The van der Waals surface area contributed by atoms with Crippen molar-refractivity contribution < 1.29 is 4.52 Å². The normalized spacial score (nSPS) is 21.0. The van der Waals surface area contributed by atoms with Crippen molar-refractivity contribution in [3.63, 3.8) is 0 Å². The standard InChI is InChI=1S/C15H23N5O/c1-12-9-19(10-14-8-13(2)21-17-14)6-7-20(12)11-15-16-4-5-18(15)3/h4-5,8,12H,6-7,9-11H2,1-3H3/t12-/m1/s1. The fourth-order valence-corrected chi connectivity index (χ4v) is 2.90. The highest BCUT2D eigenvalue weighted by Crippen LogP contribution is 2.15. The van der Waals surface area contributed by atoms with Gasteiger partial charge in [-0.05, 0) is 13.8 Å². The third kappa shape index (κ3) is 3.33. The van der Waals surface area contributed by atoms with Gasteiger partial charge in [-0.1, -0.05) is 5.16 Å². The Labute approximate surface area is 125 Å². The average molecular weight is 289 g/mol. The minimum atomic E-state index is 0.517. The van der Waals surface area contributed by atoms with Crippen LogP contribution in [0.2, 0.25) is 0 Å². The summed E-state index contributed by atoms with van der Waals surface area (Å²) in [5.41, 5.74) is 1.03. The van der Waals surface area contributed by atoms with E-state index in [-0.39, 0.29) is 0 Å². The molecule has 3 rings (SSSR count). The van der Waals surface area contributed by atoms with E-state index in [2.05, 4.69) is 38.5 Å². The Morgan fingerprint density at radius 3 is 2.81 bits per heavy atom. The quantitative estimate of drug-likeness (QED) is 0.852. The minimum Gasteiger partial charge on any atom is -0.361 e. The topological polar surface area (TPSA) is 50.3 Å². The highest BCUT2D eigenvalue weighted by molar-refractivity contribution is 5.03. The van der Waals surface area contributed by atoms with Crippen molar-refractivity contribution in [3.8, 4) is 0 Å². The van der Waals surface area contributed by atoms with Crippen molar-refractivity contribution in [2.75, 3.05) is 19.6 Å². The smallest absolute Gasteiger partial charge is 0.133 e. The van der Waals surface area contributed by atoms with Gasteiger partial charge in [0.15, 0.2) is 0 Å². The van der Waals surface area contributed by atoms with Crippen LogP contribution in [0.4, 0.5) is 0 Å². The lowest BCUT2D eigenvalue weighted by Gasteiger charge is -2.39. The summed E-state index contributed by atoms with van der Waals surface area (Å²) >= 11 is 0. The summed E-state index contributed by atoms with van der Waals surface area (Å²) in [5.74, 6) is 2.01. The van der Waals surface area contributed by atoms with Crippen molar-refractivity contribution >= 4 is 0 Å². The molecule has 2 aromatic heterocycles. The molecule has 0 radical (unpaired) electrons. The zero-order valence-corrected chi connectivity index (χ0v) is 13.0. The minimum absolute atomic E-state index is 0.517. The molecular formula is C15H23N5O. The van der Waals surface area contributed by atoms with Crippen molar-refractivity contribution in [2.45, 2.75) is 33.0 Å². The Bertz CT molecular complexity index is 590. The van der Waals surface area contributed by atoms with E-state index in [0.29, 0.717) is 6.04 Å². The zero-order valence-electron chi connectivity index (χ0n) is 13.0. The number of aromatic nitrogens is 3. The number of nitrogens with zero attached hydrogens (tertiary/aromatic N) is 5. The molecule has 1 saturated heterocycles. The van der Waals surface area contributed by atoms with Gasteiger partial charge in [0.1, 0.15) is 11.6 Å². The molecule has 0 saturated carbocycles. The van der Waals surface area contributed by atoms with Crippen molar-refractivity contribution in [1.82, 2.24) is 24.5 Å². The molecule has 0 aromatic carbocycles. The molecule has 1 aliphatic heterocycles. The van der Waals surface area contributed by atoms with Gasteiger partial charge in [0, 0.05) is 57.7 Å². The first-order valence-corrected chi connectivity index (χ1v) is 7.46. The van der Waals surface area contributed by atoms with Gasteiger partial charge in [0.25, 0.3) is 0 Å². The molecule has 0 spiro atoms. The third-order valence-electron chi connectivity index (χ3n) is 4.18. The van der Waals surface area contributed by atoms with Crippen molar-refractivity contribution in [2.24, 2.45) is 7.05 Å². The maximum Gasteiger partial charge on any atom is 0.133 e. The van der Waals surface area contributed by atoms with Gasteiger partial charge in [-0.3, -0.25) is 9.80 Å². The van der Waals surface area contributed by atoms with E-state index in [1.807, 2.05) is 25.4 Å². The van der Waals surface area contributed by atoms with E-state index in [9.17, 15) is 0 Å².